The van der Waals surface area contributed by atoms with E-state index in [0.717, 1.165) is 12.8 Å². The van der Waals surface area contributed by atoms with Crippen molar-refractivity contribution in [2.24, 2.45) is 0 Å². The molecule has 8 heteroatoms. The lowest BCUT2D eigenvalue weighted by Crippen LogP contribution is -2.37. The highest BCUT2D eigenvalue weighted by Crippen LogP contribution is 2.31. The molecule has 0 spiro atoms. The molecular formula is C11H17N5O3. The molecule has 1 saturated heterocycles. The van der Waals surface area contributed by atoms with Gasteiger partial charge in [0.1, 0.15) is 5.69 Å². The summed E-state index contributed by atoms with van der Waals surface area (Å²) in [6.45, 7) is 2.88. The Labute approximate surface area is 110 Å². The number of aryl methyl sites for hydroxylation is 1. The van der Waals surface area contributed by atoms with Crippen molar-refractivity contribution < 1.29 is 9.66 Å². The molecule has 104 valence electrons. The second-order valence-corrected chi connectivity index (χ2v) is 4.55. The number of nitrogens with zero attached hydrogens (tertiary/aromatic N) is 4. The van der Waals surface area contributed by atoms with E-state index in [-0.39, 0.29) is 29.2 Å². The fourth-order valence-corrected chi connectivity index (χ4v) is 2.28. The van der Waals surface area contributed by atoms with Gasteiger partial charge in [-0.2, -0.15) is 4.98 Å². The lowest BCUT2D eigenvalue weighted by molar-refractivity contribution is -0.385. The molecule has 8 nitrogen and oxygen atoms in total. The van der Waals surface area contributed by atoms with Crippen molar-refractivity contribution in [3.05, 3.63) is 15.8 Å². The number of aromatic nitrogens is 2. The lowest BCUT2D eigenvalue weighted by Gasteiger charge is -2.31. The standard InChI is InChI=1S/C11H17N5O3/c1-7-9(16(17)18)10(14-11(12)13-7)15(2)8-3-5-19-6-4-8/h8H,3-6H2,1-2H3,(H2,12,13,14). The molecule has 1 fully saturated rings. The summed E-state index contributed by atoms with van der Waals surface area (Å²) in [5, 5.41) is 11.2. The summed E-state index contributed by atoms with van der Waals surface area (Å²) in [6.07, 6.45) is 1.63. The van der Waals surface area contributed by atoms with Gasteiger partial charge in [0.2, 0.25) is 11.8 Å². The molecule has 1 aliphatic rings. The average Bonchev–Trinajstić information content (AvgIpc) is 2.37. The number of rotatable bonds is 3. The first-order chi connectivity index (χ1) is 9.00. The SMILES string of the molecule is Cc1nc(N)nc(N(C)C2CCOCC2)c1[N+](=O)[O-]. The largest absolute Gasteiger partial charge is 0.381 e. The van der Waals surface area contributed by atoms with E-state index in [0.29, 0.717) is 13.2 Å². The van der Waals surface area contributed by atoms with E-state index in [1.165, 1.54) is 0 Å². The summed E-state index contributed by atoms with van der Waals surface area (Å²) in [6, 6.07) is 0.168. The van der Waals surface area contributed by atoms with Gasteiger partial charge in [0.15, 0.2) is 0 Å². The van der Waals surface area contributed by atoms with Crippen LogP contribution in [-0.2, 0) is 4.74 Å². The second kappa shape index (κ2) is 5.35. The highest BCUT2D eigenvalue weighted by molar-refractivity contribution is 5.62. The first-order valence-electron chi connectivity index (χ1n) is 6.09. The van der Waals surface area contributed by atoms with Crippen molar-refractivity contribution in [1.82, 2.24) is 9.97 Å². The summed E-state index contributed by atoms with van der Waals surface area (Å²) in [5.74, 6) is 0.332. The molecule has 19 heavy (non-hydrogen) atoms. The number of nitro groups is 1. The van der Waals surface area contributed by atoms with Crippen LogP contribution in [0.5, 0.6) is 0 Å². The Morgan fingerprint density at radius 1 is 1.42 bits per heavy atom. The number of ether oxygens (including phenoxy) is 1. The number of nitrogens with two attached hydrogens (primary N) is 1. The Morgan fingerprint density at radius 3 is 2.63 bits per heavy atom. The van der Waals surface area contributed by atoms with Gasteiger partial charge in [0, 0.05) is 26.3 Å². The molecule has 0 atom stereocenters. The van der Waals surface area contributed by atoms with Crippen molar-refractivity contribution in [2.75, 3.05) is 30.9 Å². The maximum atomic E-state index is 11.2. The molecule has 0 aromatic carbocycles. The summed E-state index contributed by atoms with van der Waals surface area (Å²) < 4.78 is 5.29. The number of hydrogen-bond donors (Lipinski definition) is 1. The topological polar surface area (TPSA) is 107 Å². The van der Waals surface area contributed by atoms with Gasteiger partial charge >= 0.3 is 5.69 Å². The van der Waals surface area contributed by atoms with E-state index in [2.05, 4.69) is 9.97 Å². The van der Waals surface area contributed by atoms with Crippen LogP contribution in [0, 0.1) is 17.0 Å². The fraction of sp³-hybridized carbons (Fsp3) is 0.636. The smallest absolute Gasteiger partial charge is 0.332 e. The van der Waals surface area contributed by atoms with Crippen molar-refractivity contribution >= 4 is 17.5 Å². The second-order valence-electron chi connectivity index (χ2n) is 4.55. The molecule has 0 aliphatic carbocycles. The summed E-state index contributed by atoms with van der Waals surface area (Å²) in [5.41, 5.74) is 5.80. The van der Waals surface area contributed by atoms with Crippen LogP contribution in [0.4, 0.5) is 17.5 Å². The normalized spacial score (nSPS) is 16.3. The minimum absolute atomic E-state index is 0.0528. The summed E-state index contributed by atoms with van der Waals surface area (Å²) in [7, 11) is 1.80. The van der Waals surface area contributed by atoms with Crippen molar-refractivity contribution in [3.8, 4) is 0 Å². The Morgan fingerprint density at radius 2 is 2.05 bits per heavy atom. The van der Waals surface area contributed by atoms with Gasteiger partial charge in [-0.05, 0) is 19.8 Å². The lowest BCUT2D eigenvalue weighted by atomic mass is 10.1. The Kier molecular flexibility index (Phi) is 3.79. The van der Waals surface area contributed by atoms with Crippen LogP contribution >= 0.6 is 0 Å². The highest BCUT2D eigenvalue weighted by atomic mass is 16.6. The zero-order chi connectivity index (χ0) is 14.0. The van der Waals surface area contributed by atoms with E-state index in [9.17, 15) is 10.1 Å². The zero-order valence-electron chi connectivity index (χ0n) is 11.0. The van der Waals surface area contributed by atoms with Gasteiger partial charge in [0.25, 0.3) is 0 Å². The summed E-state index contributed by atoms with van der Waals surface area (Å²) >= 11 is 0. The van der Waals surface area contributed by atoms with E-state index in [1.807, 2.05) is 4.90 Å². The molecule has 2 rings (SSSR count). The minimum Gasteiger partial charge on any atom is -0.381 e. The molecule has 1 aliphatic heterocycles. The minimum atomic E-state index is -0.458. The van der Waals surface area contributed by atoms with Crippen LogP contribution in [0.3, 0.4) is 0 Å². The molecule has 0 radical (unpaired) electrons. The molecule has 0 unspecified atom stereocenters. The molecule has 1 aromatic heterocycles. The first kappa shape index (κ1) is 13.5. The van der Waals surface area contributed by atoms with Gasteiger partial charge in [-0.25, -0.2) is 4.98 Å². The van der Waals surface area contributed by atoms with Crippen LogP contribution in [0.2, 0.25) is 0 Å². The predicted octanol–water partition coefficient (Wildman–Crippen LogP) is 0.891. The van der Waals surface area contributed by atoms with Crippen molar-refractivity contribution in [2.45, 2.75) is 25.8 Å². The third-order valence-electron chi connectivity index (χ3n) is 3.31. The Balaban J connectivity index is 2.39. The van der Waals surface area contributed by atoms with E-state index < -0.39 is 4.92 Å². The Hall–Kier alpha value is -1.96. The van der Waals surface area contributed by atoms with Crippen LogP contribution < -0.4 is 10.6 Å². The summed E-state index contributed by atoms with van der Waals surface area (Å²) in [4.78, 5) is 20.4. The zero-order valence-corrected chi connectivity index (χ0v) is 11.0. The van der Waals surface area contributed by atoms with Crippen LogP contribution in [-0.4, -0.2) is 41.2 Å². The first-order valence-corrected chi connectivity index (χ1v) is 6.09. The van der Waals surface area contributed by atoms with Gasteiger partial charge in [-0.15, -0.1) is 0 Å². The fourth-order valence-electron chi connectivity index (χ4n) is 2.28. The highest BCUT2D eigenvalue weighted by Gasteiger charge is 2.29. The van der Waals surface area contributed by atoms with Gasteiger partial charge in [-0.1, -0.05) is 0 Å². The number of anilines is 2. The predicted molar refractivity (Wildman–Crippen MR) is 70.1 cm³/mol. The molecule has 2 heterocycles. The van der Waals surface area contributed by atoms with Crippen LogP contribution in [0.25, 0.3) is 0 Å². The Bertz CT molecular complexity index is 487. The maximum Gasteiger partial charge on any atom is 0.332 e. The molecule has 0 amide bonds. The number of hydrogen-bond acceptors (Lipinski definition) is 7. The third-order valence-corrected chi connectivity index (χ3v) is 3.31. The van der Waals surface area contributed by atoms with Crippen LogP contribution in [0.1, 0.15) is 18.5 Å². The molecular weight excluding hydrogens is 250 g/mol. The van der Waals surface area contributed by atoms with Crippen molar-refractivity contribution in [3.63, 3.8) is 0 Å². The quantitative estimate of drug-likeness (QED) is 0.640. The third kappa shape index (κ3) is 2.73. The average molecular weight is 267 g/mol. The van der Waals surface area contributed by atoms with Gasteiger partial charge in [-0.3, -0.25) is 10.1 Å². The molecule has 2 N–H and O–H groups in total. The number of nitrogen functional groups attached to an aromatic ring is 1. The van der Waals surface area contributed by atoms with E-state index >= 15 is 0 Å². The van der Waals surface area contributed by atoms with Crippen LogP contribution in [0.15, 0.2) is 0 Å². The maximum absolute atomic E-state index is 11.2. The molecule has 0 bridgehead atoms. The molecule has 0 saturated carbocycles. The van der Waals surface area contributed by atoms with Crippen molar-refractivity contribution in [1.29, 1.82) is 0 Å². The van der Waals surface area contributed by atoms with Gasteiger partial charge < -0.3 is 15.4 Å². The molecule has 1 aromatic rings. The monoisotopic (exact) mass is 267 g/mol. The van der Waals surface area contributed by atoms with Gasteiger partial charge in [0.05, 0.1) is 4.92 Å². The van der Waals surface area contributed by atoms with E-state index in [1.54, 1.807) is 14.0 Å². The van der Waals surface area contributed by atoms with E-state index in [4.69, 9.17) is 10.5 Å².